The van der Waals surface area contributed by atoms with Gasteiger partial charge in [0.1, 0.15) is 0 Å². The molecule has 0 unspecified atom stereocenters. The van der Waals surface area contributed by atoms with E-state index >= 15 is 0 Å². The van der Waals surface area contributed by atoms with Crippen LogP contribution in [0.5, 0.6) is 0 Å². The number of halogens is 1. The van der Waals surface area contributed by atoms with Crippen molar-refractivity contribution in [3.63, 3.8) is 0 Å². The van der Waals surface area contributed by atoms with E-state index in [1.165, 1.54) is 0 Å². The molecule has 0 aliphatic carbocycles. The number of ether oxygens (including phenoxy) is 1. The normalized spacial score (nSPS) is 13.7. The molecule has 1 saturated heterocycles. The third-order valence-electron chi connectivity index (χ3n) is 5.36. The summed E-state index contributed by atoms with van der Waals surface area (Å²) in [4.78, 5) is 18.4. The fourth-order valence-corrected chi connectivity index (χ4v) is 4.26. The lowest BCUT2D eigenvalue weighted by molar-refractivity contribution is 0.122. The molecule has 4 aromatic rings. The minimum absolute atomic E-state index is 0.371. The third kappa shape index (κ3) is 5.92. The first-order valence-corrected chi connectivity index (χ1v) is 12.4. The van der Waals surface area contributed by atoms with Gasteiger partial charge in [0.25, 0.3) is 0 Å². The maximum atomic E-state index is 5.53. The molecule has 1 fully saturated rings. The van der Waals surface area contributed by atoms with Crippen LogP contribution < -0.4 is 15.2 Å². The Morgan fingerprint density at radius 2 is 1.54 bits per heavy atom. The number of morpholine rings is 1. The second-order valence-corrected chi connectivity index (χ2v) is 9.04. The molecule has 0 atom stereocenters. The number of aromatic nitrogens is 3. The average Bonchev–Trinajstić information content (AvgIpc) is 2.91. The molecular formula is C26H24IN7O. The largest absolute Gasteiger partial charge is 0.378 e. The van der Waals surface area contributed by atoms with Crippen molar-refractivity contribution in [2.75, 3.05) is 41.5 Å². The quantitative estimate of drug-likeness (QED) is 0.183. The topological polar surface area (TPSA) is 78.8 Å². The standard InChI is InChI=1S/C26H24IN7O/c27-21-9-7-8-20(18-21)19-28-32-24-29-25(33-14-16-35-17-15-33)31-26(30-24)34(22-10-3-1-4-11-22)23-12-5-2-6-13-23/h1-13,18-19H,14-17H2,(H,29,30,31,32)/b28-19-. The minimum Gasteiger partial charge on any atom is -0.378 e. The van der Waals surface area contributed by atoms with Crippen molar-refractivity contribution in [2.24, 2.45) is 5.10 Å². The fraction of sp³-hybridized carbons (Fsp3) is 0.154. The van der Waals surface area contributed by atoms with Gasteiger partial charge >= 0.3 is 0 Å². The van der Waals surface area contributed by atoms with Gasteiger partial charge in [-0.15, -0.1) is 0 Å². The summed E-state index contributed by atoms with van der Waals surface area (Å²) in [5.41, 5.74) is 5.90. The Kier molecular flexibility index (Phi) is 7.44. The minimum atomic E-state index is 0.371. The lowest BCUT2D eigenvalue weighted by Crippen LogP contribution is -2.37. The number of hydrogen-bond acceptors (Lipinski definition) is 8. The maximum Gasteiger partial charge on any atom is 0.250 e. The van der Waals surface area contributed by atoms with Crippen LogP contribution in [0.25, 0.3) is 0 Å². The number of para-hydroxylation sites is 2. The summed E-state index contributed by atoms with van der Waals surface area (Å²) in [5, 5.41) is 4.39. The van der Waals surface area contributed by atoms with Gasteiger partial charge in [-0.1, -0.05) is 48.5 Å². The van der Waals surface area contributed by atoms with Gasteiger partial charge in [-0.2, -0.15) is 20.1 Å². The van der Waals surface area contributed by atoms with Crippen LogP contribution in [-0.2, 0) is 4.74 Å². The van der Waals surface area contributed by atoms with Crippen LogP contribution in [0.4, 0.5) is 29.2 Å². The molecule has 8 nitrogen and oxygen atoms in total. The zero-order valence-corrected chi connectivity index (χ0v) is 21.1. The van der Waals surface area contributed by atoms with Gasteiger partial charge in [-0.05, 0) is 64.6 Å². The van der Waals surface area contributed by atoms with E-state index in [4.69, 9.17) is 14.7 Å². The molecule has 0 saturated carbocycles. The zero-order valence-electron chi connectivity index (χ0n) is 19.0. The van der Waals surface area contributed by atoms with Gasteiger partial charge < -0.3 is 9.64 Å². The van der Waals surface area contributed by atoms with Crippen molar-refractivity contribution in [3.8, 4) is 0 Å². The number of hydrazone groups is 1. The monoisotopic (exact) mass is 577 g/mol. The molecule has 1 N–H and O–H groups in total. The number of hydrogen-bond donors (Lipinski definition) is 1. The number of nitrogens with one attached hydrogen (secondary N) is 1. The van der Waals surface area contributed by atoms with E-state index in [1.54, 1.807) is 6.21 Å². The second-order valence-electron chi connectivity index (χ2n) is 7.79. The fourth-order valence-electron chi connectivity index (χ4n) is 3.69. The van der Waals surface area contributed by atoms with Gasteiger partial charge in [0.2, 0.25) is 17.8 Å². The van der Waals surface area contributed by atoms with E-state index < -0.39 is 0 Å². The Labute approximate surface area is 217 Å². The number of nitrogens with zero attached hydrogens (tertiary/aromatic N) is 6. The van der Waals surface area contributed by atoms with Gasteiger partial charge in [-0.25, -0.2) is 5.43 Å². The lowest BCUT2D eigenvalue weighted by atomic mass is 10.2. The summed E-state index contributed by atoms with van der Waals surface area (Å²) >= 11 is 2.28. The summed E-state index contributed by atoms with van der Waals surface area (Å²) in [6.45, 7) is 2.70. The molecule has 3 aromatic carbocycles. The number of rotatable bonds is 7. The molecule has 1 aromatic heterocycles. The van der Waals surface area contributed by atoms with Crippen LogP contribution in [0.3, 0.4) is 0 Å². The van der Waals surface area contributed by atoms with Crippen LogP contribution in [0.2, 0.25) is 0 Å². The van der Waals surface area contributed by atoms with E-state index in [9.17, 15) is 0 Å². The molecule has 2 heterocycles. The second kappa shape index (κ2) is 11.2. The number of benzene rings is 3. The first kappa shape index (κ1) is 23.2. The lowest BCUT2D eigenvalue weighted by Gasteiger charge is -2.28. The Balaban J connectivity index is 1.54. The highest BCUT2D eigenvalue weighted by molar-refractivity contribution is 14.1. The van der Waals surface area contributed by atoms with Gasteiger partial charge in [0.05, 0.1) is 19.4 Å². The van der Waals surface area contributed by atoms with Crippen molar-refractivity contribution < 1.29 is 4.74 Å². The van der Waals surface area contributed by atoms with Crippen molar-refractivity contribution >= 4 is 58.0 Å². The van der Waals surface area contributed by atoms with Crippen molar-refractivity contribution in [3.05, 3.63) is 94.1 Å². The molecule has 0 amide bonds. The van der Waals surface area contributed by atoms with Crippen LogP contribution in [-0.4, -0.2) is 47.5 Å². The van der Waals surface area contributed by atoms with Crippen LogP contribution in [0, 0.1) is 3.57 Å². The average molecular weight is 577 g/mol. The van der Waals surface area contributed by atoms with E-state index in [-0.39, 0.29) is 0 Å². The van der Waals surface area contributed by atoms with Crippen LogP contribution >= 0.6 is 22.6 Å². The predicted molar refractivity (Wildman–Crippen MR) is 148 cm³/mol. The summed E-state index contributed by atoms with van der Waals surface area (Å²) in [6, 6.07) is 28.2. The highest BCUT2D eigenvalue weighted by atomic mass is 127. The van der Waals surface area contributed by atoms with E-state index in [0.717, 1.165) is 20.5 Å². The molecule has 1 aliphatic heterocycles. The Morgan fingerprint density at radius 1 is 0.857 bits per heavy atom. The third-order valence-corrected chi connectivity index (χ3v) is 6.03. The van der Waals surface area contributed by atoms with Crippen molar-refractivity contribution in [1.82, 2.24) is 15.0 Å². The summed E-state index contributed by atoms with van der Waals surface area (Å²) in [7, 11) is 0. The van der Waals surface area contributed by atoms with E-state index in [0.29, 0.717) is 44.1 Å². The zero-order chi connectivity index (χ0) is 23.9. The van der Waals surface area contributed by atoms with E-state index in [2.05, 4.69) is 49.1 Å². The Morgan fingerprint density at radius 3 is 2.20 bits per heavy atom. The first-order valence-electron chi connectivity index (χ1n) is 11.3. The molecule has 0 spiro atoms. The Bertz CT molecular complexity index is 1240. The molecule has 0 radical (unpaired) electrons. The highest BCUT2D eigenvalue weighted by Gasteiger charge is 2.21. The van der Waals surface area contributed by atoms with Crippen LogP contribution in [0.15, 0.2) is 90.0 Å². The highest BCUT2D eigenvalue weighted by Crippen LogP contribution is 2.33. The van der Waals surface area contributed by atoms with Gasteiger partial charge in [0, 0.05) is 28.0 Å². The van der Waals surface area contributed by atoms with Crippen molar-refractivity contribution in [2.45, 2.75) is 0 Å². The number of anilines is 5. The van der Waals surface area contributed by atoms with Crippen LogP contribution in [0.1, 0.15) is 5.56 Å². The Hall–Kier alpha value is -3.57. The molecule has 5 rings (SSSR count). The van der Waals surface area contributed by atoms with Gasteiger partial charge in [0.15, 0.2) is 0 Å². The summed E-state index contributed by atoms with van der Waals surface area (Å²) in [6.07, 6.45) is 1.76. The molecule has 35 heavy (non-hydrogen) atoms. The molecular weight excluding hydrogens is 553 g/mol. The molecule has 0 bridgehead atoms. The van der Waals surface area contributed by atoms with Gasteiger partial charge in [-0.3, -0.25) is 4.90 Å². The molecule has 176 valence electrons. The smallest absolute Gasteiger partial charge is 0.250 e. The summed E-state index contributed by atoms with van der Waals surface area (Å²) in [5.74, 6) is 1.46. The SMILES string of the molecule is Ic1cccc(/C=N\Nc2nc(N3CCOCC3)nc(N(c3ccccc3)c3ccccc3)n2)c1. The van der Waals surface area contributed by atoms with Crippen molar-refractivity contribution in [1.29, 1.82) is 0 Å². The molecule has 1 aliphatic rings. The first-order chi connectivity index (χ1) is 17.3. The predicted octanol–water partition coefficient (Wildman–Crippen LogP) is 5.23. The van der Waals surface area contributed by atoms with E-state index in [1.807, 2.05) is 83.8 Å². The molecule has 9 heteroatoms. The maximum absolute atomic E-state index is 5.53. The summed E-state index contributed by atoms with van der Waals surface area (Å²) < 4.78 is 6.67.